The summed E-state index contributed by atoms with van der Waals surface area (Å²) in [6.45, 7) is 4.19. The fourth-order valence-electron chi connectivity index (χ4n) is 2.92. The summed E-state index contributed by atoms with van der Waals surface area (Å²) in [5.41, 5.74) is 4.43. The van der Waals surface area contributed by atoms with Crippen LogP contribution in [0.25, 0.3) is 23.1 Å². The van der Waals surface area contributed by atoms with Gasteiger partial charge in [0.15, 0.2) is 6.20 Å². The van der Waals surface area contributed by atoms with E-state index >= 15 is 0 Å². The van der Waals surface area contributed by atoms with Crippen molar-refractivity contribution in [2.45, 2.75) is 20.3 Å². The molecule has 1 aromatic heterocycles. The van der Waals surface area contributed by atoms with Crippen LogP contribution in [0, 0.1) is 0 Å². The molecule has 0 saturated carbocycles. The number of aryl methyl sites for hydroxylation is 1. The van der Waals surface area contributed by atoms with E-state index in [0.717, 1.165) is 16.7 Å². The standard InChI is InChI=1S/C25H26NO3/c1-19(2)18-28-17-15-25(27)29-22-12-9-20(10-13-22)8-11-21-14-16-26(3)24-7-5-4-6-23(21)24/h4-14,16,18H,15,17H2,1-3H3/q+1. The van der Waals surface area contributed by atoms with Crippen molar-refractivity contribution < 1.29 is 18.8 Å². The number of fused-ring (bicyclic) bond motifs is 1. The highest BCUT2D eigenvalue weighted by molar-refractivity contribution is 5.88. The molecule has 0 N–H and O–H groups in total. The normalized spacial score (nSPS) is 10.9. The van der Waals surface area contributed by atoms with Crippen molar-refractivity contribution in [3.05, 3.63) is 83.8 Å². The summed E-state index contributed by atoms with van der Waals surface area (Å²) in [5, 5.41) is 1.20. The van der Waals surface area contributed by atoms with E-state index in [1.807, 2.05) is 45.2 Å². The van der Waals surface area contributed by atoms with Crippen LogP contribution in [0.15, 0.2) is 72.6 Å². The Labute approximate surface area is 171 Å². The fourth-order valence-corrected chi connectivity index (χ4v) is 2.92. The van der Waals surface area contributed by atoms with Gasteiger partial charge in [0.05, 0.1) is 24.7 Å². The van der Waals surface area contributed by atoms with Crippen molar-refractivity contribution >= 4 is 29.0 Å². The number of pyridine rings is 1. The van der Waals surface area contributed by atoms with E-state index in [4.69, 9.17) is 9.47 Å². The minimum Gasteiger partial charge on any atom is -0.501 e. The number of aromatic nitrogens is 1. The van der Waals surface area contributed by atoms with Crippen LogP contribution < -0.4 is 9.30 Å². The van der Waals surface area contributed by atoms with Gasteiger partial charge in [0.2, 0.25) is 5.52 Å². The van der Waals surface area contributed by atoms with Gasteiger partial charge >= 0.3 is 5.97 Å². The molecule has 0 atom stereocenters. The van der Waals surface area contributed by atoms with E-state index in [9.17, 15) is 4.79 Å². The molecule has 0 saturated heterocycles. The maximum Gasteiger partial charge on any atom is 0.314 e. The van der Waals surface area contributed by atoms with Gasteiger partial charge in [-0.05, 0) is 48.7 Å². The second-order valence-corrected chi connectivity index (χ2v) is 7.09. The molecule has 0 fully saturated rings. The minimum atomic E-state index is -0.306. The van der Waals surface area contributed by atoms with Gasteiger partial charge in [-0.2, -0.15) is 0 Å². The lowest BCUT2D eigenvalue weighted by Crippen LogP contribution is -2.28. The quantitative estimate of drug-likeness (QED) is 0.186. The minimum absolute atomic E-state index is 0.212. The first-order chi connectivity index (χ1) is 14.0. The number of nitrogens with zero attached hydrogens (tertiary/aromatic N) is 1. The molecule has 3 rings (SSSR count). The second-order valence-electron chi connectivity index (χ2n) is 7.09. The monoisotopic (exact) mass is 388 g/mol. The molecule has 0 unspecified atom stereocenters. The van der Waals surface area contributed by atoms with E-state index in [2.05, 4.69) is 41.1 Å². The Morgan fingerprint density at radius 1 is 1.00 bits per heavy atom. The highest BCUT2D eigenvalue weighted by Gasteiger charge is 2.07. The summed E-state index contributed by atoms with van der Waals surface area (Å²) in [6.07, 6.45) is 8.07. The van der Waals surface area contributed by atoms with Gasteiger partial charge in [0.1, 0.15) is 12.8 Å². The first kappa shape index (κ1) is 20.3. The van der Waals surface area contributed by atoms with Crippen LogP contribution in [0.2, 0.25) is 0 Å². The molecular formula is C25H26NO3+. The summed E-state index contributed by atoms with van der Waals surface area (Å²) in [5.74, 6) is 0.227. The van der Waals surface area contributed by atoms with E-state index in [1.54, 1.807) is 18.4 Å². The average Bonchev–Trinajstić information content (AvgIpc) is 2.72. The lowest BCUT2D eigenvalue weighted by atomic mass is 10.1. The van der Waals surface area contributed by atoms with Crippen LogP contribution >= 0.6 is 0 Å². The third-order valence-electron chi connectivity index (χ3n) is 4.38. The first-order valence-corrected chi connectivity index (χ1v) is 9.64. The third-order valence-corrected chi connectivity index (χ3v) is 4.38. The van der Waals surface area contributed by atoms with Crippen molar-refractivity contribution in [2.75, 3.05) is 6.61 Å². The molecule has 0 aliphatic heterocycles. The summed E-state index contributed by atoms with van der Waals surface area (Å²) in [6, 6.07) is 17.9. The number of hydrogen-bond acceptors (Lipinski definition) is 3. The molecule has 2 aromatic carbocycles. The number of hydrogen-bond donors (Lipinski definition) is 0. The second kappa shape index (κ2) is 9.69. The average molecular weight is 388 g/mol. The van der Waals surface area contributed by atoms with Gasteiger partial charge in [-0.15, -0.1) is 0 Å². The molecule has 0 spiro atoms. The van der Waals surface area contributed by atoms with Gasteiger partial charge in [-0.1, -0.05) is 36.4 Å². The van der Waals surface area contributed by atoms with Crippen molar-refractivity contribution in [3.8, 4) is 5.75 Å². The lowest BCUT2D eigenvalue weighted by Gasteiger charge is -2.05. The van der Waals surface area contributed by atoms with Crippen LogP contribution in [0.4, 0.5) is 0 Å². The van der Waals surface area contributed by atoms with Crippen molar-refractivity contribution in [2.24, 2.45) is 7.05 Å². The zero-order valence-electron chi connectivity index (χ0n) is 17.1. The predicted octanol–water partition coefficient (Wildman–Crippen LogP) is 5.07. The van der Waals surface area contributed by atoms with E-state index in [1.165, 1.54) is 10.9 Å². The topological polar surface area (TPSA) is 39.4 Å². The van der Waals surface area contributed by atoms with Crippen LogP contribution in [0.5, 0.6) is 5.75 Å². The molecule has 4 heteroatoms. The predicted molar refractivity (Wildman–Crippen MR) is 116 cm³/mol. The maximum atomic E-state index is 11.9. The van der Waals surface area contributed by atoms with Crippen molar-refractivity contribution in [1.82, 2.24) is 0 Å². The van der Waals surface area contributed by atoms with Crippen LogP contribution in [0.3, 0.4) is 0 Å². The lowest BCUT2D eigenvalue weighted by molar-refractivity contribution is -0.644. The Bertz CT molecular complexity index is 1050. The Morgan fingerprint density at radius 2 is 1.76 bits per heavy atom. The highest BCUT2D eigenvalue weighted by atomic mass is 16.5. The molecule has 4 nitrogen and oxygen atoms in total. The summed E-state index contributed by atoms with van der Waals surface area (Å²) < 4.78 is 12.7. The largest absolute Gasteiger partial charge is 0.501 e. The summed E-state index contributed by atoms with van der Waals surface area (Å²) in [7, 11) is 2.05. The molecule has 3 aromatic rings. The van der Waals surface area contributed by atoms with Crippen LogP contribution in [0.1, 0.15) is 31.4 Å². The molecule has 148 valence electrons. The Hall–Kier alpha value is -3.40. The fraction of sp³-hybridized carbons (Fsp3) is 0.200. The number of rotatable bonds is 7. The highest BCUT2D eigenvalue weighted by Crippen LogP contribution is 2.19. The van der Waals surface area contributed by atoms with Gasteiger partial charge in [0, 0.05) is 12.1 Å². The van der Waals surface area contributed by atoms with Gasteiger partial charge < -0.3 is 9.47 Å². The molecule has 1 heterocycles. The third kappa shape index (κ3) is 5.79. The number of ether oxygens (including phenoxy) is 2. The number of para-hydroxylation sites is 1. The Balaban J connectivity index is 1.62. The number of allylic oxidation sites excluding steroid dienone is 1. The number of benzene rings is 2. The molecule has 0 aliphatic carbocycles. The van der Waals surface area contributed by atoms with Crippen molar-refractivity contribution in [3.63, 3.8) is 0 Å². The molecule has 0 amide bonds. The Morgan fingerprint density at radius 3 is 2.52 bits per heavy atom. The number of carbonyl (C=O) groups is 1. The van der Waals surface area contributed by atoms with Crippen LogP contribution in [-0.2, 0) is 16.6 Å². The molecule has 0 aliphatic rings. The van der Waals surface area contributed by atoms with Crippen molar-refractivity contribution in [1.29, 1.82) is 0 Å². The Kier molecular flexibility index (Phi) is 6.80. The first-order valence-electron chi connectivity index (χ1n) is 9.64. The molecule has 29 heavy (non-hydrogen) atoms. The zero-order valence-corrected chi connectivity index (χ0v) is 17.1. The van der Waals surface area contributed by atoms with Gasteiger partial charge in [-0.25, -0.2) is 4.57 Å². The maximum absolute atomic E-state index is 11.9. The van der Waals surface area contributed by atoms with Crippen LogP contribution in [-0.4, -0.2) is 12.6 Å². The van der Waals surface area contributed by atoms with E-state index in [0.29, 0.717) is 12.4 Å². The molecule has 0 radical (unpaired) electrons. The van der Waals surface area contributed by atoms with E-state index in [-0.39, 0.29) is 12.4 Å². The zero-order chi connectivity index (χ0) is 20.6. The number of carbonyl (C=O) groups excluding carboxylic acids is 1. The summed E-state index contributed by atoms with van der Waals surface area (Å²) in [4.78, 5) is 11.9. The number of esters is 1. The smallest absolute Gasteiger partial charge is 0.314 e. The molecular weight excluding hydrogens is 362 g/mol. The van der Waals surface area contributed by atoms with E-state index < -0.39 is 0 Å². The molecule has 0 bridgehead atoms. The SMILES string of the molecule is CC(C)=COCCC(=O)Oc1ccc(C=Cc2cc[n+](C)c3ccccc23)cc1. The van der Waals surface area contributed by atoms with Gasteiger partial charge in [0.25, 0.3) is 0 Å². The summed E-state index contributed by atoms with van der Waals surface area (Å²) >= 11 is 0. The van der Waals surface area contributed by atoms with Gasteiger partial charge in [-0.3, -0.25) is 4.79 Å².